The summed E-state index contributed by atoms with van der Waals surface area (Å²) in [4.78, 5) is 8.10. The predicted molar refractivity (Wildman–Crippen MR) is 80.5 cm³/mol. The van der Waals surface area contributed by atoms with E-state index in [1.807, 2.05) is 6.07 Å². The van der Waals surface area contributed by atoms with E-state index in [1.165, 1.54) is 6.33 Å². The van der Waals surface area contributed by atoms with Gasteiger partial charge < -0.3 is 19.7 Å². The molecule has 2 aromatic heterocycles. The Morgan fingerprint density at radius 2 is 1.91 bits per heavy atom. The molecule has 0 fully saturated rings. The Kier molecular flexibility index (Phi) is 3.61. The van der Waals surface area contributed by atoms with Crippen molar-refractivity contribution < 1.29 is 14.0 Å². The lowest BCUT2D eigenvalue weighted by molar-refractivity contribution is 0.355. The van der Waals surface area contributed by atoms with Crippen LogP contribution in [0.15, 0.2) is 41.3 Å². The van der Waals surface area contributed by atoms with Crippen LogP contribution in [0.2, 0.25) is 0 Å². The van der Waals surface area contributed by atoms with Crippen molar-refractivity contribution in [1.29, 1.82) is 0 Å². The zero-order valence-electron chi connectivity index (χ0n) is 12.1. The number of anilines is 1. The molecule has 112 valence electrons. The molecule has 0 unspecified atom stereocenters. The first-order chi connectivity index (χ1) is 10.7. The van der Waals surface area contributed by atoms with Crippen molar-refractivity contribution in [3.05, 3.63) is 36.8 Å². The normalized spacial score (nSPS) is 10.5. The zero-order chi connectivity index (χ0) is 15.5. The van der Waals surface area contributed by atoms with E-state index in [4.69, 9.17) is 19.7 Å². The van der Waals surface area contributed by atoms with Gasteiger partial charge in [-0.2, -0.15) is 0 Å². The Morgan fingerprint density at radius 1 is 1.09 bits per heavy atom. The maximum Gasteiger partial charge on any atom is 0.232 e. The van der Waals surface area contributed by atoms with Crippen LogP contribution in [0.3, 0.4) is 0 Å². The lowest BCUT2D eigenvalue weighted by Crippen LogP contribution is -1.93. The summed E-state index contributed by atoms with van der Waals surface area (Å²) in [6, 6.07) is 7.19. The molecule has 2 heterocycles. The van der Waals surface area contributed by atoms with E-state index < -0.39 is 0 Å². The minimum absolute atomic E-state index is 0.198. The molecule has 0 aliphatic heterocycles. The minimum atomic E-state index is 0.198. The van der Waals surface area contributed by atoms with E-state index >= 15 is 0 Å². The lowest BCUT2D eigenvalue weighted by Gasteiger charge is -2.09. The Bertz CT molecular complexity index is 787. The number of hydrogen-bond acceptors (Lipinski definition) is 7. The Balaban J connectivity index is 2.14. The standard InChI is InChI=1S/C15H14N4O3/c1-20-11-4-3-9(7-12(11)21-2)14-13(15(16)22-19-14)10-5-6-17-8-18-10/h3-8H,16H2,1-2H3. The molecule has 7 heteroatoms. The van der Waals surface area contributed by atoms with Crippen LogP contribution in [0.5, 0.6) is 11.5 Å². The van der Waals surface area contributed by atoms with Crippen LogP contribution in [-0.2, 0) is 0 Å². The van der Waals surface area contributed by atoms with E-state index in [0.717, 1.165) is 5.56 Å². The monoisotopic (exact) mass is 298 g/mol. The van der Waals surface area contributed by atoms with Gasteiger partial charge in [0.15, 0.2) is 11.5 Å². The highest BCUT2D eigenvalue weighted by molar-refractivity contribution is 5.85. The first kappa shape index (κ1) is 13.9. The molecule has 0 saturated heterocycles. The van der Waals surface area contributed by atoms with Crippen molar-refractivity contribution >= 4 is 5.88 Å². The summed E-state index contributed by atoms with van der Waals surface area (Å²) in [6.45, 7) is 0. The molecule has 1 aromatic carbocycles. The third-order valence-electron chi connectivity index (χ3n) is 3.21. The van der Waals surface area contributed by atoms with Gasteiger partial charge in [0.1, 0.15) is 12.0 Å². The number of nitrogen functional groups attached to an aromatic ring is 1. The molecule has 0 spiro atoms. The van der Waals surface area contributed by atoms with Gasteiger partial charge in [-0.1, -0.05) is 5.16 Å². The molecule has 2 N–H and O–H groups in total. The largest absolute Gasteiger partial charge is 0.493 e. The van der Waals surface area contributed by atoms with Crippen LogP contribution in [0.25, 0.3) is 22.5 Å². The second kappa shape index (κ2) is 5.72. The minimum Gasteiger partial charge on any atom is -0.493 e. The van der Waals surface area contributed by atoms with Gasteiger partial charge in [0.25, 0.3) is 0 Å². The first-order valence-corrected chi connectivity index (χ1v) is 6.48. The van der Waals surface area contributed by atoms with Crippen LogP contribution < -0.4 is 15.2 Å². The highest BCUT2D eigenvalue weighted by atomic mass is 16.5. The third-order valence-corrected chi connectivity index (χ3v) is 3.21. The Hall–Kier alpha value is -3.09. The van der Waals surface area contributed by atoms with Crippen LogP contribution in [0.4, 0.5) is 5.88 Å². The van der Waals surface area contributed by atoms with E-state index in [1.54, 1.807) is 38.6 Å². The summed E-state index contributed by atoms with van der Waals surface area (Å²) in [5.41, 5.74) is 8.51. The second-order valence-electron chi connectivity index (χ2n) is 4.43. The molecule has 7 nitrogen and oxygen atoms in total. The van der Waals surface area contributed by atoms with Crippen LogP contribution in [0, 0.1) is 0 Å². The highest BCUT2D eigenvalue weighted by Crippen LogP contribution is 2.38. The number of ether oxygens (including phenoxy) is 2. The van der Waals surface area contributed by atoms with Crippen molar-refractivity contribution in [1.82, 2.24) is 15.1 Å². The van der Waals surface area contributed by atoms with Crippen molar-refractivity contribution in [2.24, 2.45) is 0 Å². The smallest absolute Gasteiger partial charge is 0.232 e. The van der Waals surface area contributed by atoms with E-state index in [9.17, 15) is 0 Å². The average molecular weight is 298 g/mol. The molecule has 22 heavy (non-hydrogen) atoms. The highest BCUT2D eigenvalue weighted by Gasteiger charge is 2.19. The van der Waals surface area contributed by atoms with Gasteiger partial charge in [0, 0.05) is 11.8 Å². The number of aromatic nitrogens is 3. The molecule has 0 bridgehead atoms. The number of benzene rings is 1. The predicted octanol–water partition coefficient (Wildman–Crippen LogP) is 2.40. The number of nitrogens with zero attached hydrogens (tertiary/aromatic N) is 3. The zero-order valence-corrected chi connectivity index (χ0v) is 12.1. The Morgan fingerprint density at radius 3 is 2.59 bits per heavy atom. The van der Waals surface area contributed by atoms with Gasteiger partial charge in [-0.15, -0.1) is 0 Å². The molecule has 0 radical (unpaired) electrons. The summed E-state index contributed by atoms with van der Waals surface area (Å²) in [6.07, 6.45) is 3.08. The molecular formula is C15H14N4O3. The SMILES string of the molecule is COc1ccc(-c2noc(N)c2-c2ccncn2)cc1OC. The average Bonchev–Trinajstić information content (AvgIpc) is 2.96. The summed E-state index contributed by atoms with van der Waals surface area (Å²) >= 11 is 0. The molecular weight excluding hydrogens is 284 g/mol. The van der Waals surface area contributed by atoms with Gasteiger partial charge in [-0.3, -0.25) is 0 Å². The quantitative estimate of drug-likeness (QED) is 0.789. The van der Waals surface area contributed by atoms with Crippen molar-refractivity contribution in [2.75, 3.05) is 20.0 Å². The number of rotatable bonds is 4. The van der Waals surface area contributed by atoms with Crippen LogP contribution in [0.1, 0.15) is 0 Å². The number of nitrogens with two attached hydrogens (primary N) is 1. The molecule has 3 rings (SSSR count). The fourth-order valence-electron chi connectivity index (χ4n) is 2.17. The molecule has 0 amide bonds. The van der Waals surface area contributed by atoms with E-state index in [2.05, 4.69) is 15.1 Å². The summed E-state index contributed by atoms with van der Waals surface area (Å²) in [7, 11) is 3.15. The van der Waals surface area contributed by atoms with Gasteiger partial charge in [-0.25, -0.2) is 9.97 Å². The topological polar surface area (TPSA) is 96.3 Å². The fourth-order valence-corrected chi connectivity index (χ4v) is 2.17. The maximum atomic E-state index is 5.89. The summed E-state index contributed by atoms with van der Waals surface area (Å²) in [5, 5.41) is 4.04. The van der Waals surface area contributed by atoms with Gasteiger partial charge in [-0.05, 0) is 24.3 Å². The number of hydrogen-bond donors (Lipinski definition) is 1. The van der Waals surface area contributed by atoms with Crippen LogP contribution >= 0.6 is 0 Å². The molecule has 0 aliphatic carbocycles. The van der Waals surface area contributed by atoms with E-state index in [0.29, 0.717) is 28.5 Å². The van der Waals surface area contributed by atoms with Crippen molar-refractivity contribution in [3.63, 3.8) is 0 Å². The van der Waals surface area contributed by atoms with Crippen LogP contribution in [-0.4, -0.2) is 29.3 Å². The third kappa shape index (κ3) is 2.32. The van der Waals surface area contributed by atoms with Gasteiger partial charge in [0.05, 0.1) is 25.5 Å². The van der Waals surface area contributed by atoms with Gasteiger partial charge in [0.2, 0.25) is 5.88 Å². The summed E-state index contributed by atoms with van der Waals surface area (Å²) in [5.74, 6) is 1.42. The fraction of sp³-hybridized carbons (Fsp3) is 0.133. The lowest BCUT2D eigenvalue weighted by atomic mass is 10.0. The molecule has 3 aromatic rings. The van der Waals surface area contributed by atoms with Crippen molar-refractivity contribution in [3.8, 4) is 34.0 Å². The molecule has 0 aliphatic rings. The first-order valence-electron chi connectivity index (χ1n) is 6.48. The summed E-state index contributed by atoms with van der Waals surface area (Å²) < 4.78 is 15.7. The molecule has 0 atom stereocenters. The molecule has 0 saturated carbocycles. The van der Waals surface area contributed by atoms with Crippen molar-refractivity contribution in [2.45, 2.75) is 0 Å². The maximum absolute atomic E-state index is 5.89. The number of methoxy groups -OCH3 is 2. The van der Waals surface area contributed by atoms with Gasteiger partial charge >= 0.3 is 0 Å². The Labute approximate surface area is 126 Å². The van der Waals surface area contributed by atoms with E-state index in [-0.39, 0.29) is 5.88 Å². The second-order valence-corrected chi connectivity index (χ2v) is 4.43.